The molecule has 0 aliphatic carbocycles. The molecule has 114 valence electrons. The van der Waals surface area contributed by atoms with Crippen LogP contribution in [0.25, 0.3) is 0 Å². The highest BCUT2D eigenvalue weighted by atomic mass is 16.5. The van der Waals surface area contributed by atoms with Crippen LogP contribution in [0.5, 0.6) is 0 Å². The molecule has 1 aliphatic heterocycles. The van der Waals surface area contributed by atoms with Gasteiger partial charge in [0, 0.05) is 13.7 Å². The summed E-state index contributed by atoms with van der Waals surface area (Å²) in [7, 11) is 2.53. The number of piperidine rings is 1. The summed E-state index contributed by atoms with van der Waals surface area (Å²) >= 11 is 0. The fourth-order valence-electron chi connectivity index (χ4n) is 2.11. The second-order valence-corrected chi connectivity index (χ2v) is 4.48. The van der Waals surface area contributed by atoms with Crippen molar-refractivity contribution in [3.8, 4) is 0 Å². The van der Waals surface area contributed by atoms with Gasteiger partial charge in [-0.1, -0.05) is 0 Å². The van der Waals surface area contributed by atoms with Crippen LogP contribution in [-0.2, 0) is 19.1 Å². The molecule has 2 amide bonds. The third-order valence-electron chi connectivity index (χ3n) is 3.24. The highest BCUT2D eigenvalue weighted by molar-refractivity contribution is 5.84. The molecule has 1 rings (SSSR count). The molecule has 0 aromatic rings. The van der Waals surface area contributed by atoms with Crippen LogP contribution in [-0.4, -0.2) is 67.4 Å². The molecule has 1 aliphatic rings. The Morgan fingerprint density at radius 1 is 1.35 bits per heavy atom. The summed E-state index contributed by atoms with van der Waals surface area (Å²) < 4.78 is 9.40. The number of carboxylic acid groups (broad SMARTS) is 1. The van der Waals surface area contributed by atoms with Gasteiger partial charge in [0.2, 0.25) is 0 Å². The minimum Gasteiger partial charge on any atom is -0.479 e. The molecule has 1 heterocycles. The molecular formula is C12H20N2O6. The van der Waals surface area contributed by atoms with E-state index in [-0.39, 0.29) is 6.54 Å². The molecule has 0 radical (unpaired) electrons. The average Bonchev–Trinajstić information content (AvgIpc) is 2.46. The lowest BCUT2D eigenvalue weighted by Gasteiger charge is -2.33. The number of aliphatic carboxylic acids is 1. The van der Waals surface area contributed by atoms with Crippen LogP contribution in [0.2, 0.25) is 0 Å². The number of ether oxygens (including phenoxy) is 2. The number of hydrogen-bond acceptors (Lipinski definition) is 5. The van der Waals surface area contributed by atoms with Gasteiger partial charge in [-0.15, -0.1) is 0 Å². The number of urea groups is 1. The SMILES string of the molecule is COC(=O)C1CCCCN1C(=O)NCC(OC)C(=O)O. The maximum Gasteiger partial charge on any atom is 0.334 e. The van der Waals surface area contributed by atoms with Crippen molar-refractivity contribution in [2.24, 2.45) is 0 Å². The average molecular weight is 288 g/mol. The van der Waals surface area contributed by atoms with E-state index in [2.05, 4.69) is 10.1 Å². The molecular weight excluding hydrogens is 268 g/mol. The number of rotatable bonds is 5. The summed E-state index contributed by atoms with van der Waals surface area (Å²) in [6.45, 7) is 0.283. The lowest BCUT2D eigenvalue weighted by atomic mass is 10.0. The van der Waals surface area contributed by atoms with E-state index in [1.807, 2.05) is 0 Å². The quantitative estimate of drug-likeness (QED) is 0.680. The van der Waals surface area contributed by atoms with Gasteiger partial charge < -0.3 is 24.8 Å². The Hall–Kier alpha value is -1.83. The number of nitrogens with one attached hydrogen (secondary N) is 1. The van der Waals surface area contributed by atoms with Crippen molar-refractivity contribution in [1.82, 2.24) is 10.2 Å². The third kappa shape index (κ3) is 4.09. The molecule has 2 unspecified atom stereocenters. The van der Waals surface area contributed by atoms with E-state index in [1.54, 1.807) is 0 Å². The number of carboxylic acids is 1. The second-order valence-electron chi connectivity index (χ2n) is 4.48. The number of amides is 2. The number of hydrogen-bond donors (Lipinski definition) is 2. The zero-order chi connectivity index (χ0) is 15.1. The first-order valence-corrected chi connectivity index (χ1v) is 6.39. The first kappa shape index (κ1) is 16.2. The molecule has 8 nitrogen and oxygen atoms in total. The molecule has 2 N–H and O–H groups in total. The van der Waals surface area contributed by atoms with Crippen LogP contribution < -0.4 is 5.32 Å². The molecule has 0 spiro atoms. The topological polar surface area (TPSA) is 105 Å². The van der Waals surface area contributed by atoms with Crippen LogP contribution in [0.15, 0.2) is 0 Å². The number of methoxy groups -OCH3 is 2. The fourth-order valence-corrected chi connectivity index (χ4v) is 2.11. The molecule has 0 aromatic heterocycles. The van der Waals surface area contributed by atoms with E-state index in [9.17, 15) is 14.4 Å². The van der Waals surface area contributed by atoms with E-state index < -0.39 is 30.1 Å². The third-order valence-corrected chi connectivity index (χ3v) is 3.24. The van der Waals surface area contributed by atoms with Crippen molar-refractivity contribution in [1.29, 1.82) is 0 Å². The normalized spacial score (nSPS) is 20.1. The summed E-state index contributed by atoms with van der Waals surface area (Å²) in [6, 6.07) is -1.09. The Bertz CT molecular complexity index is 373. The Morgan fingerprint density at radius 3 is 2.60 bits per heavy atom. The highest BCUT2D eigenvalue weighted by Crippen LogP contribution is 2.18. The number of carbonyl (C=O) groups excluding carboxylic acids is 2. The van der Waals surface area contributed by atoms with Gasteiger partial charge in [-0.3, -0.25) is 0 Å². The van der Waals surface area contributed by atoms with Crippen molar-refractivity contribution in [3.05, 3.63) is 0 Å². The molecule has 1 saturated heterocycles. The summed E-state index contributed by atoms with van der Waals surface area (Å²) in [5.41, 5.74) is 0. The van der Waals surface area contributed by atoms with Crippen molar-refractivity contribution in [3.63, 3.8) is 0 Å². The standard InChI is InChI=1S/C12H20N2O6/c1-19-9(10(15)16)7-13-12(18)14-6-4-3-5-8(14)11(17)20-2/h8-9H,3-7H2,1-2H3,(H,13,18)(H,15,16). The maximum atomic E-state index is 12.0. The van der Waals surface area contributed by atoms with E-state index in [0.29, 0.717) is 13.0 Å². The van der Waals surface area contributed by atoms with Crippen LogP contribution >= 0.6 is 0 Å². The smallest absolute Gasteiger partial charge is 0.334 e. The zero-order valence-electron chi connectivity index (χ0n) is 11.6. The Morgan fingerprint density at radius 2 is 2.05 bits per heavy atom. The summed E-state index contributed by atoms with van der Waals surface area (Å²) in [4.78, 5) is 35.8. The van der Waals surface area contributed by atoms with Crippen molar-refractivity contribution in [2.75, 3.05) is 27.3 Å². The van der Waals surface area contributed by atoms with Gasteiger partial charge in [0.25, 0.3) is 0 Å². The first-order valence-electron chi connectivity index (χ1n) is 6.39. The number of likely N-dealkylation sites (tertiary alicyclic amines) is 1. The lowest BCUT2D eigenvalue weighted by molar-refractivity contribution is -0.149. The van der Waals surface area contributed by atoms with E-state index in [4.69, 9.17) is 9.84 Å². The van der Waals surface area contributed by atoms with Crippen molar-refractivity contribution >= 4 is 18.0 Å². The molecule has 2 atom stereocenters. The summed E-state index contributed by atoms with van der Waals surface area (Å²) in [5.74, 6) is -1.61. The Balaban J connectivity index is 2.59. The minimum atomic E-state index is -1.16. The van der Waals surface area contributed by atoms with Gasteiger partial charge in [0.05, 0.1) is 13.7 Å². The van der Waals surface area contributed by atoms with Crippen molar-refractivity contribution < 1.29 is 29.0 Å². The molecule has 8 heteroatoms. The molecule has 1 fully saturated rings. The van der Waals surface area contributed by atoms with Gasteiger partial charge in [-0.05, 0) is 19.3 Å². The van der Waals surface area contributed by atoms with Gasteiger partial charge in [-0.25, -0.2) is 14.4 Å². The Labute approximate surface area is 117 Å². The molecule has 20 heavy (non-hydrogen) atoms. The maximum absolute atomic E-state index is 12.0. The number of carbonyl (C=O) groups is 3. The van der Waals surface area contributed by atoms with Crippen LogP contribution in [0.3, 0.4) is 0 Å². The van der Waals surface area contributed by atoms with Gasteiger partial charge >= 0.3 is 18.0 Å². The zero-order valence-corrected chi connectivity index (χ0v) is 11.6. The van der Waals surface area contributed by atoms with Gasteiger partial charge in [0.1, 0.15) is 6.04 Å². The molecule has 0 bridgehead atoms. The first-order chi connectivity index (χ1) is 9.51. The molecule has 0 aromatic carbocycles. The van der Waals surface area contributed by atoms with Crippen molar-refractivity contribution in [2.45, 2.75) is 31.4 Å². The number of nitrogens with zero attached hydrogens (tertiary/aromatic N) is 1. The van der Waals surface area contributed by atoms with Crippen LogP contribution in [0.1, 0.15) is 19.3 Å². The lowest BCUT2D eigenvalue weighted by Crippen LogP contribution is -2.53. The predicted molar refractivity (Wildman–Crippen MR) is 68.2 cm³/mol. The predicted octanol–water partition coefficient (Wildman–Crippen LogP) is -0.177. The second kappa shape index (κ2) is 7.68. The van der Waals surface area contributed by atoms with Crippen LogP contribution in [0, 0.1) is 0 Å². The van der Waals surface area contributed by atoms with E-state index in [1.165, 1.54) is 19.1 Å². The van der Waals surface area contributed by atoms with E-state index >= 15 is 0 Å². The number of esters is 1. The largest absolute Gasteiger partial charge is 0.479 e. The fraction of sp³-hybridized carbons (Fsp3) is 0.750. The van der Waals surface area contributed by atoms with Gasteiger partial charge in [-0.2, -0.15) is 0 Å². The summed E-state index contributed by atoms with van der Waals surface area (Å²) in [5, 5.41) is 11.3. The Kier molecular flexibility index (Phi) is 6.23. The van der Waals surface area contributed by atoms with Gasteiger partial charge in [0.15, 0.2) is 6.10 Å². The monoisotopic (exact) mass is 288 g/mol. The van der Waals surface area contributed by atoms with Crippen LogP contribution in [0.4, 0.5) is 4.79 Å². The molecule has 0 saturated carbocycles. The highest BCUT2D eigenvalue weighted by Gasteiger charge is 2.33. The van der Waals surface area contributed by atoms with E-state index in [0.717, 1.165) is 12.8 Å². The minimum absolute atomic E-state index is 0.158. The summed E-state index contributed by atoms with van der Waals surface area (Å²) in [6.07, 6.45) is 1.08.